The molecule has 0 saturated heterocycles. The third-order valence-corrected chi connectivity index (χ3v) is 3.72. The SMILES string of the molecule is CC1=C(C)CC(CCCC(=O)NC(C)C)CC1. The standard InChI is InChI=1S/C15H27NO/c1-11(2)16-15(17)7-5-6-14-9-8-12(3)13(4)10-14/h11,14H,5-10H2,1-4H3,(H,16,17). The molecule has 1 aliphatic carbocycles. The highest BCUT2D eigenvalue weighted by Gasteiger charge is 2.16. The summed E-state index contributed by atoms with van der Waals surface area (Å²) in [5.74, 6) is 1.02. The van der Waals surface area contributed by atoms with Gasteiger partial charge >= 0.3 is 0 Å². The number of rotatable bonds is 5. The summed E-state index contributed by atoms with van der Waals surface area (Å²) in [6.45, 7) is 8.53. The topological polar surface area (TPSA) is 29.1 Å². The third-order valence-electron chi connectivity index (χ3n) is 3.72. The molecule has 0 fully saturated rings. The van der Waals surface area contributed by atoms with Crippen LogP contribution < -0.4 is 5.32 Å². The molecule has 1 amide bonds. The van der Waals surface area contributed by atoms with Crippen molar-refractivity contribution in [2.75, 3.05) is 0 Å². The lowest BCUT2D eigenvalue weighted by Gasteiger charge is -2.24. The summed E-state index contributed by atoms with van der Waals surface area (Å²) >= 11 is 0. The van der Waals surface area contributed by atoms with Crippen LogP contribution in [0.2, 0.25) is 0 Å². The van der Waals surface area contributed by atoms with Gasteiger partial charge in [0.1, 0.15) is 0 Å². The van der Waals surface area contributed by atoms with Crippen molar-refractivity contribution in [3.63, 3.8) is 0 Å². The maximum absolute atomic E-state index is 11.5. The smallest absolute Gasteiger partial charge is 0.220 e. The molecule has 0 heterocycles. The van der Waals surface area contributed by atoms with Crippen LogP contribution >= 0.6 is 0 Å². The molecule has 0 aromatic carbocycles. The van der Waals surface area contributed by atoms with E-state index in [2.05, 4.69) is 19.2 Å². The maximum Gasteiger partial charge on any atom is 0.220 e. The van der Waals surface area contributed by atoms with Crippen molar-refractivity contribution in [2.24, 2.45) is 5.92 Å². The van der Waals surface area contributed by atoms with Crippen LogP contribution in [-0.2, 0) is 4.79 Å². The van der Waals surface area contributed by atoms with Crippen LogP contribution in [0.3, 0.4) is 0 Å². The number of amides is 1. The second-order valence-electron chi connectivity index (χ2n) is 5.78. The molecule has 2 nitrogen and oxygen atoms in total. The highest BCUT2D eigenvalue weighted by atomic mass is 16.1. The number of allylic oxidation sites excluding steroid dienone is 2. The number of nitrogens with one attached hydrogen (secondary N) is 1. The zero-order valence-electron chi connectivity index (χ0n) is 11.8. The molecule has 98 valence electrons. The molecule has 1 unspecified atom stereocenters. The van der Waals surface area contributed by atoms with E-state index >= 15 is 0 Å². The maximum atomic E-state index is 11.5. The summed E-state index contributed by atoms with van der Waals surface area (Å²) in [5, 5.41) is 2.95. The summed E-state index contributed by atoms with van der Waals surface area (Å²) in [5.41, 5.74) is 3.16. The first-order valence-electron chi connectivity index (χ1n) is 6.93. The molecular weight excluding hydrogens is 210 g/mol. The summed E-state index contributed by atoms with van der Waals surface area (Å²) in [6, 6.07) is 0.269. The predicted molar refractivity (Wildman–Crippen MR) is 72.8 cm³/mol. The molecule has 0 aromatic heterocycles. The van der Waals surface area contributed by atoms with Gasteiger partial charge in [-0.1, -0.05) is 11.1 Å². The second-order valence-corrected chi connectivity index (χ2v) is 5.78. The second kappa shape index (κ2) is 6.83. The number of hydrogen-bond donors (Lipinski definition) is 1. The van der Waals surface area contributed by atoms with Crippen LogP contribution in [0.5, 0.6) is 0 Å². The fraction of sp³-hybridized carbons (Fsp3) is 0.800. The van der Waals surface area contributed by atoms with Crippen molar-refractivity contribution in [2.45, 2.75) is 72.3 Å². The average molecular weight is 237 g/mol. The number of hydrogen-bond acceptors (Lipinski definition) is 1. The predicted octanol–water partition coefficient (Wildman–Crippen LogP) is 3.82. The van der Waals surface area contributed by atoms with Crippen molar-refractivity contribution in [3.05, 3.63) is 11.1 Å². The Labute approximate surface area is 106 Å². The fourth-order valence-corrected chi connectivity index (χ4v) is 2.54. The molecule has 0 bridgehead atoms. The molecule has 0 radical (unpaired) electrons. The van der Waals surface area contributed by atoms with Gasteiger partial charge in [0.05, 0.1) is 0 Å². The largest absolute Gasteiger partial charge is 0.354 e. The van der Waals surface area contributed by atoms with E-state index in [-0.39, 0.29) is 11.9 Å². The Kier molecular flexibility index (Phi) is 5.73. The number of carbonyl (C=O) groups is 1. The Hall–Kier alpha value is -0.790. The highest BCUT2D eigenvalue weighted by Crippen LogP contribution is 2.31. The lowest BCUT2D eigenvalue weighted by molar-refractivity contribution is -0.121. The van der Waals surface area contributed by atoms with Gasteiger partial charge in [-0.25, -0.2) is 0 Å². The molecule has 17 heavy (non-hydrogen) atoms. The van der Waals surface area contributed by atoms with Gasteiger partial charge in [-0.3, -0.25) is 4.79 Å². The minimum Gasteiger partial charge on any atom is -0.354 e. The summed E-state index contributed by atoms with van der Waals surface area (Å²) in [4.78, 5) is 11.5. The van der Waals surface area contributed by atoms with E-state index in [1.54, 1.807) is 11.1 Å². The van der Waals surface area contributed by atoms with Crippen molar-refractivity contribution in [1.29, 1.82) is 0 Å². The van der Waals surface area contributed by atoms with Gasteiger partial charge in [-0.05, 0) is 65.7 Å². The van der Waals surface area contributed by atoms with E-state index in [1.165, 1.54) is 25.7 Å². The Balaban J connectivity index is 2.18. The highest BCUT2D eigenvalue weighted by molar-refractivity contribution is 5.76. The van der Waals surface area contributed by atoms with E-state index in [0.29, 0.717) is 6.42 Å². The quantitative estimate of drug-likeness (QED) is 0.724. The zero-order chi connectivity index (χ0) is 12.8. The first kappa shape index (κ1) is 14.3. The zero-order valence-corrected chi connectivity index (χ0v) is 11.8. The van der Waals surface area contributed by atoms with Crippen LogP contribution in [0.1, 0.15) is 66.2 Å². The first-order chi connectivity index (χ1) is 7.99. The molecule has 0 spiro atoms. The van der Waals surface area contributed by atoms with Crippen LogP contribution in [0.4, 0.5) is 0 Å². The van der Waals surface area contributed by atoms with Gasteiger partial charge in [0, 0.05) is 12.5 Å². The van der Waals surface area contributed by atoms with Gasteiger partial charge in [-0.15, -0.1) is 0 Å². The van der Waals surface area contributed by atoms with E-state index in [9.17, 15) is 4.79 Å². The normalized spacial score (nSPS) is 20.9. The molecule has 0 aliphatic heterocycles. The van der Waals surface area contributed by atoms with Crippen LogP contribution in [0, 0.1) is 5.92 Å². The first-order valence-corrected chi connectivity index (χ1v) is 6.93. The van der Waals surface area contributed by atoms with Crippen molar-refractivity contribution >= 4 is 5.91 Å². The van der Waals surface area contributed by atoms with Gasteiger partial charge in [-0.2, -0.15) is 0 Å². The lowest BCUT2D eigenvalue weighted by atomic mass is 9.82. The third kappa shape index (κ3) is 5.38. The lowest BCUT2D eigenvalue weighted by Crippen LogP contribution is -2.29. The average Bonchev–Trinajstić information content (AvgIpc) is 2.22. The molecule has 1 aliphatic rings. The monoisotopic (exact) mass is 237 g/mol. The van der Waals surface area contributed by atoms with E-state index in [1.807, 2.05) is 13.8 Å². The Morgan fingerprint density at radius 2 is 2.06 bits per heavy atom. The van der Waals surface area contributed by atoms with Crippen molar-refractivity contribution < 1.29 is 4.79 Å². The van der Waals surface area contributed by atoms with Gasteiger partial charge in [0.25, 0.3) is 0 Å². The molecule has 2 heteroatoms. The molecule has 0 saturated carbocycles. The number of carbonyl (C=O) groups excluding carboxylic acids is 1. The van der Waals surface area contributed by atoms with Gasteiger partial charge in [0.2, 0.25) is 5.91 Å². The summed E-state index contributed by atoms with van der Waals surface area (Å²) in [7, 11) is 0. The molecule has 0 aromatic rings. The van der Waals surface area contributed by atoms with Crippen molar-refractivity contribution in [3.8, 4) is 0 Å². The summed E-state index contributed by atoms with van der Waals surface area (Å²) < 4.78 is 0. The molecule has 1 rings (SSSR count). The van der Waals surface area contributed by atoms with Crippen LogP contribution in [-0.4, -0.2) is 11.9 Å². The molecule has 1 atom stereocenters. The Bertz CT molecular complexity index is 291. The van der Waals surface area contributed by atoms with Gasteiger partial charge < -0.3 is 5.32 Å². The summed E-state index contributed by atoms with van der Waals surface area (Å²) in [6.07, 6.45) is 6.75. The van der Waals surface area contributed by atoms with Gasteiger partial charge in [0.15, 0.2) is 0 Å². The van der Waals surface area contributed by atoms with E-state index < -0.39 is 0 Å². The van der Waals surface area contributed by atoms with Crippen LogP contribution in [0.15, 0.2) is 11.1 Å². The Morgan fingerprint density at radius 3 is 2.65 bits per heavy atom. The fourth-order valence-electron chi connectivity index (χ4n) is 2.54. The molecule has 1 N–H and O–H groups in total. The Morgan fingerprint density at radius 1 is 1.35 bits per heavy atom. The van der Waals surface area contributed by atoms with E-state index in [0.717, 1.165) is 12.3 Å². The van der Waals surface area contributed by atoms with E-state index in [4.69, 9.17) is 0 Å². The van der Waals surface area contributed by atoms with Crippen LogP contribution in [0.25, 0.3) is 0 Å². The minimum absolute atomic E-state index is 0.208. The molecular formula is C15H27NO. The minimum atomic E-state index is 0.208. The van der Waals surface area contributed by atoms with Crippen molar-refractivity contribution in [1.82, 2.24) is 5.32 Å².